The topological polar surface area (TPSA) is 12.0 Å². The maximum atomic E-state index is 6.20. The predicted molar refractivity (Wildman–Crippen MR) is 76.1 cm³/mol. The molecule has 0 heterocycles. The lowest BCUT2D eigenvalue weighted by Crippen LogP contribution is -2.37. The van der Waals surface area contributed by atoms with Crippen molar-refractivity contribution in [3.05, 3.63) is 28.2 Å². The zero-order valence-corrected chi connectivity index (χ0v) is 11.9. The Hall–Kier alpha value is -0.400. The average Bonchev–Trinajstić information content (AvgIpc) is 2.27. The molecule has 2 atom stereocenters. The van der Waals surface area contributed by atoms with Crippen molar-refractivity contribution in [2.75, 3.05) is 5.32 Å². The molecule has 1 nitrogen and oxygen atoms in total. The van der Waals surface area contributed by atoms with Crippen LogP contribution in [0.1, 0.15) is 33.1 Å². The first-order valence-electron chi connectivity index (χ1n) is 6.30. The normalized spacial score (nSPS) is 29.1. The molecule has 2 rings (SSSR count). The van der Waals surface area contributed by atoms with Gasteiger partial charge in [-0.3, -0.25) is 0 Å². The standard InChI is InChI=1S/C14H19Cl2N/c1-9-5-3-6-10(2)13(9)17-14-11(15)7-4-8-12(14)16/h4,7-10,13,17H,3,5-6H2,1-2H3. The molecule has 2 unspecified atom stereocenters. The van der Waals surface area contributed by atoms with E-state index in [1.54, 1.807) is 0 Å². The first-order chi connectivity index (χ1) is 8.09. The van der Waals surface area contributed by atoms with Crippen molar-refractivity contribution in [2.24, 2.45) is 11.8 Å². The van der Waals surface area contributed by atoms with E-state index in [1.165, 1.54) is 19.3 Å². The van der Waals surface area contributed by atoms with Crippen LogP contribution in [-0.2, 0) is 0 Å². The summed E-state index contributed by atoms with van der Waals surface area (Å²) in [5.74, 6) is 1.34. The van der Waals surface area contributed by atoms with Gasteiger partial charge in [-0.2, -0.15) is 0 Å². The molecule has 0 saturated heterocycles. The molecule has 94 valence electrons. The van der Waals surface area contributed by atoms with Gasteiger partial charge in [0.15, 0.2) is 0 Å². The molecule has 0 spiro atoms. The summed E-state index contributed by atoms with van der Waals surface area (Å²) in [6.07, 6.45) is 3.89. The van der Waals surface area contributed by atoms with Crippen molar-refractivity contribution >= 4 is 28.9 Å². The molecule has 1 fully saturated rings. The Morgan fingerprint density at radius 3 is 2.12 bits per heavy atom. The highest BCUT2D eigenvalue weighted by Crippen LogP contribution is 2.36. The lowest BCUT2D eigenvalue weighted by Gasteiger charge is -2.36. The summed E-state index contributed by atoms with van der Waals surface area (Å²) in [6, 6.07) is 6.12. The van der Waals surface area contributed by atoms with Gasteiger partial charge in [0.2, 0.25) is 0 Å². The number of rotatable bonds is 2. The van der Waals surface area contributed by atoms with Gasteiger partial charge >= 0.3 is 0 Å². The van der Waals surface area contributed by atoms with E-state index in [4.69, 9.17) is 23.2 Å². The molecule has 1 aliphatic carbocycles. The molecule has 0 radical (unpaired) electrons. The molecule has 17 heavy (non-hydrogen) atoms. The number of anilines is 1. The van der Waals surface area contributed by atoms with E-state index in [0.29, 0.717) is 27.9 Å². The third-order valence-electron chi connectivity index (χ3n) is 3.82. The van der Waals surface area contributed by atoms with Crippen molar-refractivity contribution in [2.45, 2.75) is 39.2 Å². The minimum Gasteiger partial charge on any atom is -0.379 e. The van der Waals surface area contributed by atoms with Crippen LogP contribution in [0.4, 0.5) is 5.69 Å². The van der Waals surface area contributed by atoms with E-state index in [9.17, 15) is 0 Å². The predicted octanol–water partition coefficient (Wildman–Crippen LogP) is 5.23. The SMILES string of the molecule is CC1CCCC(C)C1Nc1c(Cl)cccc1Cl. The molecular formula is C14H19Cl2N. The van der Waals surface area contributed by atoms with E-state index >= 15 is 0 Å². The van der Waals surface area contributed by atoms with Gasteiger partial charge in [-0.25, -0.2) is 0 Å². The summed E-state index contributed by atoms with van der Waals surface area (Å²) >= 11 is 12.4. The fraction of sp³-hybridized carbons (Fsp3) is 0.571. The minimum atomic E-state index is 0.473. The van der Waals surface area contributed by atoms with E-state index < -0.39 is 0 Å². The Bertz CT molecular complexity index is 362. The van der Waals surface area contributed by atoms with Crippen molar-refractivity contribution in [3.8, 4) is 0 Å². The highest BCUT2D eigenvalue weighted by Gasteiger charge is 2.28. The quantitative estimate of drug-likeness (QED) is 0.777. The van der Waals surface area contributed by atoms with Gasteiger partial charge in [-0.05, 0) is 36.8 Å². The number of para-hydroxylation sites is 1. The Morgan fingerprint density at radius 2 is 1.59 bits per heavy atom. The monoisotopic (exact) mass is 271 g/mol. The second-order valence-corrected chi connectivity index (χ2v) is 5.97. The molecule has 0 aromatic heterocycles. The van der Waals surface area contributed by atoms with E-state index in [0.717, 1.165) is 5.69 Å². The van der Waals surface area contributed by atoms with E-state index in [1.807, 2.05) is 18.2 Å². The average molecular weight is 272 g/mol. The first kappa shape index (κ1) is 13.0. The number of benzene rings is 1. The van der Waals surface area contributed by atoms with Crippen LogP contribution in [0.25, 0.3) is 0 Å². The number of hydrogen-bond acceptors (Lipinski definition) is 1. The smallest absolute Gasteiger partial charge is 0.0721 e. The van der Waals surface area contributed by atoms with Crippen molar-refractivity contribution < 1.29 is 0 Å². The third-order valence-corrected chi connectivity index (χ3v) is 4.45. The van der Waals surface area contributed by atoms with Gasteiger partial charge in [0, 0.05) is 6.04 Å². The van der Waals surface area contributed by atoms with Crippen LogP contribution in [0, 0.1) is 11.8 Å². The summed E-state index contributed by atoms with van der Waals surface area (Å²) in [4.78, 5) is 0. The van der Waals surface area contributed by atoms with Gasteiger partial charge in [-0.15, -0.1) is 0 Å². The van der Waals surface area contributed by atoms with Gasteiger partial charge in [0.1, 0.15) is 0 Å². The Labute approximate surface area is 114 Å². The van der Waals surface area contributed by atoms with Gasteiger partial charge in [-0.1, -0.05) is 49.5 Å². The summed E-state index contributed by atoms with van der Waals surface area (Å²) in [7, 11) is 0. The molecule has 3 heteroatoms. The molecular weight excluding hydrogens is 253 g/mol. The fourth-order valence-corrected chi connectivity index (χ4v) is 3.28. The minimum absolute atomic E-state index is 0.473. The summed E-state index contributed by atoms with van der Waals surface area (Å²) in [5.41, 5.74) is 0.890. The molecule has 1 saturated carbocycles. The maximum absolute atomic E-state index is 6.20. The van der Waals surface area contributed by atoms with Crippen molar-refractivity contribution in [1.29, 1.82) is 0 Å². The Balaban J connectivity index is 2.19. The van der Waals surface area contributed by atoms with Crippen LogP contribution in [0.3, 0.4) is 0 Å². The summed E-state index contributed by atoms with van der Waals surface area (Å²) in [5, 5.41) is 4.97. The lowest BCUT2D eigenvalue weighted by atomic mass is 9.78. The zero-order valence-electron chi connectivity index (χ0n) is 10.3. The maximum Gasteiger partial charge on any atom is 0.0721 e. The van der Waals surface area contributed by atoms with Gasteiger partial charge in [0.05, 0.1) is 15.7 Å². The second kappa shape index (κ2) is 5.49. The van der Waals surface area contributed by atoms with E-state index in [2.05, 4.69) is 19.2 Å². The fourth-order valence-electron chi connectivity index (χ4n) is 2.77. The highest BCUT2D eigenvalue weighted by molar-refractivity contribution is 6.39. The van der Waals surface area contributed by atoms with Crippen LogP contribution in [-0.4, -0.2) is 6.04 Å². The molecule has 0 amide bonds. The van der Waals surface area contributed by atoms with Gasteiger partial charge in [0.25, 0.3) is 0 Å². The first-order valence-corrected chi connectivity index (χ1v) is 7.05. The lowest BCUT2D eigenvalue weighted by molar-refractivity contribution is 0.268. The highest BCUT2D eigenvalue weighted by atomic mass is 35.5. The third kappa shape index (κ3) is 2.89. The summed E-state index contributed by atoms with van der Waals surface area (Å²) in [6.45, 7) is 4.61. The van der Waals surface area contributed by atoms with Crippen LogP contribution in [0.2, 0.25) is 10.0 Å². The van der Waals surface area contributed by atoms with Crippen molar-refractivity contribution in [1.82, 2.24) is 0 Å². The molecule has 1 aromatic rings. The van der Waals surface area contributed by atoms with E-state index in [-0.39, 0.29) is 0 Å². The zero-order chi connectivity index (χ0) is 12.4. The van der Waals surface area contributed by atoms with Crippen LogP contribution in [0.15, 0.2) is 18.2 Å². The van der Waals surface area contributed by atoms with Gasteiger partial charge < -0.3 is 5.32 Å². The van der Waals surface area contributed by atoms with Crippen molar-refractivity contribution in [3.63, 3.8) is 0 Å². The molecule has 0 bridgehead atoms. The molecule has 0 aliphatic heterocycles. The molecule has 1 aromatic carbocycles. The molecule has 1 N–H and O–H groups in total. The van der Waals surface area contributed by atoms with Crippen LogP contribution < -0.4 is 5.32 Å². The Morgan fingerprint density at radius 1 is 1.06 bits per heavy atom. The number of nitrogens with one attached hydrogen (secondary N) is 1. The van der Waals surface area contributed by atoms with Crippen LogP contribution >= 0.6 is 23.2 Å². The number of halogens is 2. The Kier molecular flexibility index (Phi) is 4.22. The molecule has 1 aliphatic rings. The second-order valence-electron chi connectivity index (χ2n) is 5.15. The largest absolute Gasteiger partial charge is 0.379 e. The summed E-state index contributed by atoms with van der Waals surface area (Å²) < 4.78 is 0. The van der Waals surface area contributed by atoms with Crippen LogP contribution in [0.5, 0.6) is 0 Å². The number of hydrogen-bond donors (Lipinski definition) is 1.